The summed E-state index contributed by atoms with van der Waals surface area (Å²) in [4.78, 5) is 2.45. The lowest BCUT2D eigenvalue weighted by Gasteiger charge is -2.20. The number of unbranched alkanes of at least 4 members (excludes halogenated alkanes) is 1. The van der Waals surface area contributed by atoms with Gasteiger partial charge in [0.2, 0.25) is 0 Å². The number of hydrogen-bond acceptors (Lipinski definition) is 4. The molecule has 0 aliphatic carbocycles. The molecule has 0 bridgehead atoms. The summed E-state index contributed by atoms with van der Waals surface area (Å²) in [6.45, 7) is 12.1. The van der Waals surface area contributed by atoms with Gasteiger partial charge in [0.25, 0.3) is 0 Å². The first-order chi connectivity index (χ1) is 8.35. The highest BCUT2D eigenvalue weighted by Gasteiger charge is 2.01. The van der Waals surface area contributed by atoms with E-state index in [-0.39, 0.29) is 0 Å². The zero-order valence-electron chi connectivity index (χ0n) is 11.8. The summed E-state index contributed by atoms with van der Waals surface area (Å²) in [5.74, 6) is 0. The van der Waals surface area contributed by atoms with Gasteiger partial charge in [0.1, 0.15) is 0 Å². The summed E-state index contributed by atoms with van der Waals surface area (Å²) < 4.78 is 10.3. The van der Waals surface area contributed by atoms with Crippen molar-refractivity contribution in [2.75, 3.05) is 59.7 Å². The minimum Gasteiger partial charge on any atom is -0.383 e. The van der Waals surface area contributed by atoms with Gasteiger partial charge in [0.15, 0.2) is 0 Å². The minimum atomic E-state index is 0.801. The molecule has 1 N–H and O–H groups in total. The Hall–Kier alpha value is -0.160. The summed E-state index contributed by atoms with van der Waals surface area (Å²) in [5.41, 5.74) is 0. The highest BCUT2D eigenvalue weighted by atomic mass is 16.5. The molecule has 4 heteroatoms. The third-order valence-electron chi connectivity index (χ3n) is 2.76. The Bertz CT molecular complexity index is 145. The van der Waals surface area contributed by atoms with Crippen molar-refractivity contribution in [3.63, 3.8) is 0 Å². The van der Waals surface area contributed by atoms with Crippen LogP contribution in [0.1, 0.15) is 26.7 Å². The maximum Gasteiger partial charge on any atom is 0.0593 e. The van der Waals surface area contributed by atoms with Gasteiger partial charge in [-0.05, 0) is 39.4 Å². The highest BCUT2D eigenvalue weighted by molar-refractivity contribution is 4.56. The van der Waals surface area contributed by atoms with Gasteiger partial charge in [0.05, 0.1) is 13.2 Å². The van der Waals surface area contributed by atoms with E-state index < -0.39 is 0 Å². The average Bonchev–Trinajstić information content (AvgIpc) is 2.35. The van der Waals surface area contributed by atoms with Crippen molar-refractivity contribution in [2.45, 2.75) is 26.7 Å². The highest BCUT2D eigenvalue weighted by Crippen LogP contribution is 1.95. The fraction of sp³-hybridized carbons (Fsp3) is 1.00. The van der Waals surface area contributed by atoms with Crippen molar-refractivity contribution < 1.29 is 9.47 Å². The van der Waals surface area contributed by atoms with E-state index in [1.165, 1.54) is 19.4 Å². The lowest BCUT2D eigenvalue weighted by atomic mass is 10.3. The van der Waals surface area contributed by atoms with E-state index in [0.717, 1.165) is 46.0 Å². The molecule has 104 valence electrons. The normalized spacial score (nSPS) is 11.3. The number of nitrogens with zero attached hydrogens (tertiary/aromatic N) is 1. The van der Waals surface area contributed by atoms with E-state index in [2.05, 4.69) is 17.1 Å². The van der Waals surface area contributed by atoms with Gasteiger partial charge in [0, 0.05) is 26.8 Å². The van der Waals surface area contributed by atoms with Crippen LogP contribution < -0.4 is 5.32 Å². The van der Waals surface area contributed by atoms with Crippen LogP contribution in [-0.2, 0) is 9.47 Å². The van der Waals surface area contributed by atoms with Crippen LogP contribution in [0.4, 0.5) is 0 Å². The van der Waals surface area contributed by atoms with Crippen LogP contribution in [0.2, 0.25) is 0 Å². The summed E-state index contributed by atoms with van der Waals surface area (Å²) in [7, 11) is 1.74. The van der Waals surface area contributed by atoms with E-state index >= 15 is 0 Å². The lowest BCUT2D eigenvalue weighted by molar-refractivity contribution is 0.114. The predicted molar refractivity (Wildman–Crippen MR) is 72.6 cm³/mol. The van der Waals surface area contributed by atoms with Crippen molar-refractivity contribution in [1.82, 2.24) is 10.2 Å². The molecule has 0 unspecified atom stereocenters. The zero-order valence-corrected chi connectivity index (χ0v) is 11.8. The van der Waals surface area contributed by atoms with E-state index in [1.54, 1.807) is 7.11 Å². The number of nitrogens with one attached hydrogen (secondary N) is 1. The van der Waals surface area contributed by atoms with Gasteiger partial charge in [-0.2, -0.15) is 0 Å². The summed E-state index contributed by atoms with van der Waals surface area (Å²) in [5, 5.41) is 3.36. The molecule has 0 aromatic carbocycles. The van der Waals surface area contributed by atoms with Crippen LogP contribution in [0.3, 0.4) is 0 Å². The number of rotatable bonds is 13. The molecular formula is C13H30N2O2. The third kappa shape index (κ3) is 12.1. The Morgan fingerprint density at radius 1 is 1.00 bits per heavy atom. The molecule has 17 heavy (non-hydrogen) atoms. The number of methoxy groups -OCH3 is 1. The Balaban J connectivity index is 3.25. The molecule has 0 aromatic heterocycles. The van der Waals surface area contributed by atoms with E-state index in [1.807, 2.05) is 6.92 Å². The SMILES string of the molecule is CCOCCN(CC)CCCCNCCOC. The van der Waals surface area contributed by atoms with Crippen LogP contribution in [0.25, 0.3) is 0 Å². The van der Waals surface area contributed by atoms with Gasteiger partial charge in [-0.25, -0.2) is 0 Å². The Labute approximate surface area is 107 Å². The van der Waals surface area contributed by atoms with Crippen molar-refractivity contribution in [3.8, 4) is 0 Å². The summed E-state index contributed by atoms with van der Waals surface area (Å²) >= 11 is 0. The second kappa shape index (κ2) is 13.9. The van der Waals surface area contributed by atoms with E-state index in [0.29, 0.717) is 0 Å². The molecular weight excluding hydrogens is 216 g/mol. The van der Waals surface area contributed by atoms with Gasteiger partial charge in [-0.15, -0.1) is 0 Å². The first-order valence-corrected chi connectivity index (χ1v) is 6.84. The Morgan fingerprint density at radius 3 is 2.47 bits per heavy atom. The fourth-order valence-corrected chi connectivity index (χ4v) is 1.65. The monoisotopic (exact) mass is 246 g/mol. The number of ether oxygens (including phenoxy) is 2. The molecule has 0 saturated heterocycles. The molecule has 0 aromatic rings. The molecule has 0 rings (SSSR count). The molecule has 0 fully saturated rings. The summed E-state index contributed by atoms with van der Waals surface area (Å²) in [6, 6.07) is 0. The second-order valence-corrected chi connectivity index (χ2v) is 4.08. The first kappa shape index (κ1) is 16.8. The van der Waals surface area contributed by atoms with E-state index in [4.69, 9.17) is 9.47 Å². The zero-order chi connectivity index (χ0) is 12.8. The van der Waals surface area contributed by atoms with Gasteiger partial charge >= 0.3 is 0 Å². The van der Waals surface area contributed by atoms with Crippen LogP contribution >= 0.6 is 0 Å². The maximum absolute atomic E-state index is 5.37. The fourth-order valence-electron chi connectivity index (χ4n) is 1.65. The Morgan fingerprint density at radius 2 is 1.82 bits per heavy atom. The standard InChI is InChI=1S/C13H30N2O2/c1-4-15(11-13-17-5-2)10-7-6-8-14-9-12-16-3/h14H,4-13H2,1-3H3. The van der Waals surface area contributed by atoms with Gasteiger partial charge < -0.3 is 19.7 Å². The van der Waals surface area contributed by atoms with Crippen molar-refractivity contribution in [3.05, 3.63) is 0 Å². The number of likely N-dealkylation sites (N-methyl/N-ethyl adjacent to an activating group) is 1. The van der Waals surface area contributed by atoms with Gasteiger partial charge in [-0.3, -0.25) is 0 Å². The summed E-state index contributed by atoms with van der Waals surface area (Å²) in [6.07, 6.45) is 2.48. The molecule has 4 nitrogen and oxygen atoms in total. The number of hydrogen-bond donors (Lipinski definition) is 1. The third-order valence-corrected chi connectivity index (χ3v) is 2.76. The van der Waals surface area contributed by atoms with Crippen LogP contribution in [-0.4, -0.2) is 64.6 Å². The van der Waals surface area contributed by atoms with Crippen molar-refractivity contribution >= 4 is 0 Å². The largest absolute Gasteiger partial charge is 0.383 e. The smallest absolute Gasteiger partial charge is 0.0593 e. The van der Waals surface area contributed by atoms with Crippen LogP contribution in [0, 0.1) is 0 Å². The molecule has 0 spiro atoms. The van der Waals surface area contributed by atoms with Crippen LogP contribution in [0.5, 0.6) is 0 Å². The molecule has 0 amide bonds. The first-order valence-electron chi connectivity index (χ1n) is 6.84. The molecule has 0 aliphatic heterocycles. The lowest BCUT2D eigenvalue weighted by Crippen LogP contribution is -2.29. The molecule has 0 aliphatic rings. The molecule has 0 radical (unpaired) electrons. The quantitative estimate of drug-likeness (QED) is 0.498. The molecule has 0 atom stereocenters. The minimum absolute atomic E-state index is 0.801. The van der Waals surface area contributed by atoms with Crippen molar-refractivity contribution in [1.29, 1.82) is 0 Å². The second-order valence-electron chi connectivity index (χ2n) is 4.08. The predicted octanol–water partition coefficient (Wildman–Crippen LogP) is 1.36. The molecule has 0 saturated carbocycles. The Kier molecular flexibility index (Phi) is 13.8. The average molecular weight is 246 g/mol. The van der Waals surface area contributed by atoms with E-state index in [9.17, 15) is 0 Å². The molecule has 0 heterocycles. The topological polar surface area (TPSA) is 33.7 Å². The van der Waals surface area contributed by atoms with Gasteiger partial charge in [-0.1, -0.05) is 6.92 Å². The van der Waals surface area contributed by atoms with Crippen LogP contribution in [0.15, 0.2) is 0 Å². The maximum atomic E-state index is 5.37. The van der Waals surface area contributed by atoms with Crippen molar-refractivity contribution in [2.24, 2.45) is 0 Å².